The molecule has 0 aromatic heterocycles. The van der Waals surface area contributed by atoms with Crippen molar-refractivity contribution in [1.82, 2.24) is 5.32 Å². The predicted octanol–water partition coefficient (Wildman–Crippen LogP) is 4.90. The van der Waals surface area contributed by atoms with Crippen LogP contribution >= 0.6 is 0 Å². The van der Waals surface area contributed by atoms with Gasteiger partial charge < -0.3 is 19.9 Å². The number of nitrogens with zero attached hydrogens (tertiary/aromatic N) is 4. The smallest absolute Gasteiger partial charge is 0.252 e. The maximum Gasteiger partial charge on any atom is 0.252 e. The van der Waals surface area contributed by atoms with Crippen molar-refractivity contribution >= 4 is 11.8 Å². The molecule has 1 aliphatic heterocycles. The maximum atomic E-state index is 14.1. The Labute approximate surface area is 232 Å². The number of azide groups is 1. The molecule has 0 radical (unpaired) electrons. The summed E-state index contributed by atoms with van der Waals surface area (Å²) in [6.07, 6.45) is 0.447. The average molecular weight is 546 g/mol. The summed E-state index contributed by atoms with van der Waals surface area (Å²) < 4.78 is 25.9. The Morgan fingerprint density at radius 3 is 2.52 bits per heavy atom. The zero-order valence-corrected chi connectivity index (χ0v) is 22.3. The van der Waals surface area contributed by atoms with Gasteiger partial charge in [-0.15, -0.1) is 0 Å². The second-order valence-corrected chi connectivity index (χ2v) is 9.48. The first-order valence-electron chi connectivity index (χ1n) is 13.2. The molecule has 0 unspecified atom stereocenters. The van der Waals surface area contributed by atoms with E-state index in [0.29, 0.717) is 42.2 Å². The Hall–Kier alpha value is -4.40. The zero-order valence-electron chi connectivity index (χ0n) is 22.3. The predicted molar refractivity (Wildman–Crippen MR) is 150 cm³/mol. The summed E-state index contributed by atoms with van der Waals surface area (Å²) in [4.78, 5) is 21.6. The number of nitrogens with one attached hydrogen (secondary N) is 1. The molecule has 40 heavy (non-hydrogen) atoms. The van der Waals surface area contributed by atoms with Crippen LogP contribution in [-0.4, -0.2) is 48.3 Å². The summed E-state index contributed by atoms with van der Waals surface area (Å²) >= 11 is 0. The maximum absolute atomic E-state index is 14.1. The lowest BCUT2D eigenvalue weighted by Gasteiger charge is -2.29. The summed E-state index contributed by atoms with van der Waals surface area (Å²) in [5, 5.41) is 15.6. The number of hydrogen-bond acceptors (Lipinski definition) is 6. The molecular formula is C30H32FN5O4. The van der Waals surface area contributed by atoms with Crippen molar-refractivity contribution in [3.8, 4) is 5.75 Å². The van der Waals surface area contributed by atoms with Crippen LogP contribution in [0.4, 0.5) is 4.39 Å². The van der Waals surface area contributed by atoms with Gasteiger partial charge in [0.1, 0.15) is 17.7 Å². The fourth-order valence-corrected chi connectivity index (χ4v) is 4.59. The normalized spacial score (nSPS) is 17.9. The molecule has 0 fully saturated rings. The molecule has 2 atom stereocenters. The number of rotatable bonds is 13. The van der Waals surface area contributed by atoms with E-state index < -0.39 is 11.6 Å². The molecule has 0 aliphatic carbocycles. The Kier molecular flexibility index (Phi) is 9.72. The molecule has 9 nitrogen and oxygen atoms in total. The number of carbonyl (C=O) groups is 1. The van der Waals surface area contributed by atoms with Gasteiger partial charge in [0.2, 0.25) is 5.90 Å². The molecule has 3 aromatic rings. The summed E-state index contributed by atoms with van der Waals surface area (Å²) in [6.45, 7) is 2.61. The first-order valence-corrected chi connectivity index (χ1v) is 13.2. The summed E-state index contributed by atoms with van der Waals surface area (Å²) in [5.41, 5.74) is 10.3. The molecule has 1 amide bonds. The molecule has 0 saturated heterocycles. The van der Waals surface area contributed by atoms with E-state index in [1.165, 1.54) is 6.07 Å². The third-order valence-electron chi connectivity index (χ3n) is 6.85. The standard InChI is InChI=1S/C30H32FN5O4/c1-21-30(19-24-8-2-3-9-25(24)20-34-36-32,29(38)33-16-15-22-7-4-5-10-27(22)31)35-28(40-21)23-11-13-26(14-12-23)39-18-6-17-37/h2-5,7-14,21,37H,6,15-20H2,1H3,(H,33,38)/t21-,30-/m1/s1. The third kappa shape index (κ3) is 6.77. The highest BCUT2D eigenvalue weighted by molar-refractivity contribution is 6.01. The Morgan fingerprint density at radius 1 is 1.12 bits per heavy atom. The van der Waals surface area contributed by atoms with Gasteiger partial charge >= 0.3 is 0 Å². The molecule has 0 bridgehead atoms. The third-order valence-corrected chi connectivity index (χ3v) is 6.85. The van der Waals surface area contributed by atoms with Crippen LogP contribution in [0.25, 0.3) is 10.4 Å². The van der Waals surface area contributed by atoms with Gasteiger partial charge in [-0.25, -0.2) is 9.38 Å². The minimum absolute atomic E-state index is 0.0526. The van der Waals surface area contributed by atoms with E-state index in [4.69, 9.17) is 25.1 Å². The highest BCUT2D eigenvalue weighted by Crippen LogP contribution is 2.34. The van der Waals surface area contributed by atoms with E-state index in [9.17, 15) is 9.18 Å². The number of carbonyl (C=O) groups excluding carboxylic acids is 1. The molecule has 0 spiro atoms. The SMILES string of the molecule is C[C@H]1OC(c2ccc(OCCCO)cc2)=N[C@@]1(Cc1ccccc1CN=[N+]=[N-])C(=O)NCCc1ccccc1F. The number of aliphatic hydroxyl groups excluding tert-OH is 1. The highest BCUT2D eigenvalue weighted by atomic mass is 19.1. The van der Waals surface area contributed by atoms with Crippen molar-refractivity contribution in [3.05, 3.63) is 111 Å². The lowest BCUT2D eigenvalue weighted by atomic mass is 9.84. The molecular weight excluding hydrogens is 513 g/mol. The van der Waals surface area contributed by atoms with Crippen LogP contribution in [0.15, 0.2) is 82.9 Å². The largest absolute Gasteiger partial charge is 0.494 e. The number of aliphatic hydroxyl groups is 1. The zero-order chi connectivity index (χ0) is 28.4. The molecule has 3 aromatic carbocycles. The van der Waals surface area contributed by atoms with E-state index in [1.807, 2.05) is 36.4 Å². The van der Waals surface area contributed by atoms with Crippen molar-refractivity contribution in [1.29, 1.82) is 0 Å². The van der Waals surface area contributed by atoms with Crippen LogP contribution in [0.3, 0.4) is 0 Å². The molecule has 2 N–H and O–H groups in total. The van der Waals surface area contributed by atoms with E-state index in [2.05, 4.69) is 15.3 Å². The minimum atomic E-state index is -1.31. The molecule has 1 aliphatic rings. The van der Waals surface area contributed by atoms with Crippen LogP contribution in [0, 0.1) is 5.82 Å². The van der Waals surface area contributed by atoms with Crippen LogP contribution in [0.2, 0.25) is 0 Å². The van der Waals surface area contributed by atoms with Gasteiger partial charge in [-0.2, -0.15) is 0 Å². The number of benzene rings is 3. The van der Waals surface area contributed by atoms with E-state index >= 15 is 0 Å². The summed E-state index contributed by atoms with van der Waals surface area (Å²) in [7, 11) is 0. The van der Waals surface area contributed by atoms with Gasteiger partial charge in [0.25, 0.3) is 5.91 Å². The second kappa shape index (κ2) is 13.6. The fourth-order valence-electron chi connectivity index (χ4n) is 4.59. The van der Waals surface area contributed by atoms with Crippen LogP contribution < -0.4 is 10.1 Å². The van der Waals surface area contributed by atoms with E-state index in [1.54, 1.807) is 37.3 Å². The van der Waals surface area contributed by atoms with Crippen molar-refractivity contribution in [2.45, 2.75) is 44.4 Å². The fraction of sp³-hybridized carbons (Fsp3) is 0.333. The minimum Gasteiger partial charge on any atom is -0.494 e. The Bertz CT molecular complexity index is 1390. The number of hydrogen-bond donors (Lipinski definition) is 2. The van der Waals surface area contributed by atoms with Crippen molar-refractivity contribution in [3.63, 3.8) is 0 Å². The summed E-state index contributed by atoms with van der Waals surface area (Å²) in [5.74, 6) is 0.313. The number of halogens is 1. The average Bonchev–Trinajstić information content (AvgIpc) is 3.30. The molecule has 208 valence electrons. The Balaban J connectivity index is 1.62. The van der Waals surface area contributed by atoms with E-state index in [-0.39, 0.29) is 37.8 Å². The monoisotopic (exact) mass is 545 g/mol. The quantitative estimate of drug-likeness (QED) is 0.137. The lowest BCUT2D eigenvalue weighted by Crippen LogP contribution is -2.53. The number of amides is 1. The van der Waals surface area contributed by atoms with Gasteiger partial charge in [-0.05, 0) is 65.9 Å². The van der Waals surface area contributed by atoms with Gasteiger partial charge in [0.15, 0.2) is 5.54 Å². The first-order chi connectivity index (χ1) is 19.5. The van der Waals surface area contributed by atoms with Crippen molar-refractivity contribution < 1.29 is 23.8 Å². The topological polar surface area (TPSA) is 129 Å². The first kappa shape index (κ1) is 28.6. The van der Waals surface area contributed by atoms with Gasteiger partial charge in [0.05, 0.1) is 13.2 Å². The second-order valence-electron chi connectivity index (χ2n) is 9.48. The van der Waals surface area contributed by atoms with Gasteiger partial charge in [-0.1, -0.05) is 47.6 Å². The van der Waals surface area contributed by atoms with Gasteiger partial charge in [-0.3, -0.25) is 4.79 Å². The van der Waals surface area contributed by atoms with Gasteiger partial charge in [0, 0.05) is 36.5 Å². The summed E-state index contributed by atoms with van der Waals surface area (Å²) in [6, 6.07) is 21.1. The highest BCUT2D eigenvalue weighted by Gasteiger charge is 2.50. The molecule has 1 heterocycles. The molecule has 4 rings (SSSR count). The number of ether oxygens (including phenoxy) is 2. The Morgan fingerprint density at radius 2 is 1.82 bits per heavy atom. The van der Waals surface area contributed by atoms with Crippen LogP contribution in [0.5, 0.6) is 5.75 Å². The molecule has 10 heteroatoms. The van der Waals surface area contributed by atoms with Crippen LogP contribution in [0.1, 0.15) is 35.6 Å². The molecule has 0 saturated carbocycles. The lowest BCUT2D eigenvalue weighted by molar-refractivity contribution is -0.128. The number of aliphatic imine (C=N–C) groups is 1. The van der Waals surface area contributed by atoms with Crippen molar-refractivity contribution in [2.75, 3.05) is 19.8 Å². The van der Waals surface area contributed by atoms with Crippen LogP contribution in [-0.2, 0) is 28.9 Å². The van der Waals surface area contributed by atoms with Crippen molar-refractivity contribution in [2.24, 2.45) is 10.1 Å². The van der Waals surface area contributed by atoms with E-state index in [0.717, 1.165) is 11.1 Å².